The number of amides is 1. The molecule has 2 aromatic heterocycles. The fraction of sp³-hybridized carbons (Fsp3) is 0.250. The maximum Gasteiger partial charge on any atom is 0.276 e. The molecule has 84 valence electrons. The van der Waals surface area contributed by atoms with Gasteiger partial charge in [0.05, 0.1) is 6.54 Å². The van der Waals surface area contributed by atoms with Crippen molar-refractivity contribution in [1.82, 2.24) is 25.7 Å². The average Bonchev–Trinajstić information content (AvgIpc) is 2.84. The number of H-pyrrole nitrogens is 1. The third kappa shape index (κ3) is 2.16. The molecule has 0 saturated carbocycles. The Morgan fingerprint density at radius 2 is 2.44 bits per heavy atom. The van der Waals surface area contributed by atoms with Crippen LogP contribution in [0.15, 0.2) is 5.38 Å². The van der Waals surface area contributed by atoms with E-state index in [1.807, 2.05) is 12.3 Å². The van der Waals surface area contributed by atoms with Crippen molar-refractivity contribution in [2.75, 3.05) is 5.73 Å². The van der Waals surface area contributed by atoms with E-state index in [9.17, 15) is 4.79 Å². The summed E-state index contributed by atoms with van der Waals surface area (Å²) in [6.07, 6.45) is 0. The van der Waals surface area contributed by atoms with Crippen LogP contribution in [0.3, 0.4) is 0 Å². The molecule has 0 aromatic carbocycles. The Labute approximate surface area is 95.1 Å². The number of carbonyl (C=O) groups is 1. The normalized spacial score (nSPS) is 10.3. The van der Waals surface area contributed by atoms with E-state index in [4.69, 9.17) is 5.73 Å². The van der Waals surface area contributed by atoms with Crippen LogP contribution in [0.25, 0.3) is 0 Å². The first-order valence-electron chi connectivity index (χ1n) is 4.52. The zero-order chi connectivity index (χ0) is 11.5. The van der Waals surface area contributed by atoms with Crippen molar-refractivity contribution in [1.29, 1.82) is 0 Å². The molecule has 2 heterocycles. The van der Waals surface area contributed by atoms with E-state index >= 15 is 0 Å². The van der Waals surface area contributed by atoms with Gasteiger partial charge in [-0.05, 0) is 6.92 Å². The van der Waals surface area contributed by atoms with Crippen molar-refractivity contribution in [3.63, 3.8) is 0 Å². The van der Waals surface area contributed by atoms with Gasteiger partial charge in [0.25, 0.3) is 5.91 Å². The van der Waals surface area contributed by atoms with Gasteiger partial charge in [-0.1, -0.05) is 0 Å². The van der Waals surface area contributed by atoms with Crippen LogP contribution in [-0.2, 0) is 6.54 Å². The number of aryl methyl sites for hydroxylation is 1. The molecule has 7 nitrogen and oxygen atoms in total. The highest BCUT2D eigenvalue weighted by atomic mass is 32.1. The number of carbonyl (C=O) groups excluding carboxylic acids is 1. The first-order chi connectivity index (χ1) is 7.66. The minimum Gasteiger partial charge on any atom is -0.380 e. The number of hydrogen-bond donors (Lipinski definition) is 3. The molecule has 1 amide bonds. The fourth-order valence-corrected chi connectivity index (χ4v) is 1.84. The molecule has 0 atom stereocenters. The van der Waals surface area contributed by atoms with Gasteiger partial charge in [-0.25, -0.2) is 4.98 Å². The summed E-state index contributed by atoms with van der Waals surface area (Å²) in [5, 5.41) is 14.9. The lowest BCUT2D eigenvalue weighted by Gasteiger charge is -1.99. The number of anilines is 1. The van der Waals surface area contributed by atoms with Crippen molar-refractivity contribution < 1.29 is 4.79 Å². The molecule has 0 radical (unpaired) electrons. The number of rotatable bonds is 3. The molecule has 0 bridgehead atoms. The van der Waals surface area contributed by atoms with Crippen molar-refractivity contribution in [3.8, 4) is 0 Å². The topological polar surface area (TPSA) is 110 Å². The molecule has 0 spiro atoms. The zero-order valence-electron chi connectivity index (χ0n) is 8.52. The molecule has 0 aliphatic heterocycles. The molecular formula is C8H10N6OS. The highest BCUT2D eigenvalue weighted by Crippen LogP contribution is 2.08. The molecule has 0 aliphatic carbocycles. The predicted octanol–water partition coefficient (Wildman–Crippen LogP) is 0.0818. The van der Waals surface area contributed by atoms with E-state index < -0.39 is 0 Å². The molecule has 0 fully saturated rings. The number of aromatic amines is 1. The van der Waals surface area contributed by atoms with E-state index in [1.54, 1.807) is 0 Å². The number of nitrogen functional groups attached to an aromatic ring is 1. The highest BCUT2D eigenvalue weighted by Gasteiger charge is 2.13. The molecule has 8 heteroatoms. The van der Waals surface area contributed by atoms with Crippen LogP contribution in [0.5, 0.6) is 0 Å². The van der Waals surface area contributed by atoms with Gasteiger partial charge in [0.2, 0.25) is 0 Å². The van der Waals surface area contributed by atoms with E-state index in [1.165, 1.54) is 11.3 Å². The first kappa shape index (κ1) is 10.6. The number of hydrogen-bond acceptors (Lipinski definition) is 6. The van der Waals surface area contributed by atoms with Gasteiger partial charge in [0.1, 0.15) is 5.01 Å². The third-order valence-electron chi connectivity index (χ3n) is 1.86. The third-order valence-corrected chi connectivity index (χ3v) is 2.82. The lowest BCUT2D eigenvalue weighted by atomic mass is 10.4. The van der Waals surface area contributed by atoms with Gasteiger partial charge in [0, 0.05) is 11.1 Å². The maximum atomic E-state index is 11.6. The van der Waals surface area contributed by atoms with Crippen LogP contribution >= 0.6 is 11.3 Å². The first-order valence-corrected chi connectivity index (χ1v) is 5.40. The second kappa shape index (κ2) is 4.27. The monoisotopic (exact) mass is 238 g/mol. The molecule has 2 aromatic rings. The van der Waals surface area contributed by atoms with Crippen LogP contribution in [0.1, 0.15) is 21.2 Å². The van der Waals surface area contributed by atoms with Crippen molar-refractivity contribution in [2.24, 2.45) is 0 Å². The number of nitrogens with zero attached hydrogens (tertiary/aromatic N) is 3. The fourth-order valence-electron chi connectivity index (χ4n) is 1.13. The van der Waals surface area contributed by atoms with Gasteiger partial charge >= 0.3 is 0 Å². The zero-order valence-corrected chi connectivity index (χ0v) is 9.34. The number of nitrogens with two attached hydrogens (primary N) is 1. The summed E-state index contributed by atoms with van der Waals surface area (Å²) in [5.41, 5.74) is 6.48. The van der Waals surface area contributed by atoms with E-state index in [-0.39, 0.29) is 17.4 Å². The molecule has 16 heavy (non-hydrogen) atoms. The second-order valence-corrected chi connectivity index (χ2v) is 4.07. The van der Waals surface area contributed by atoms with E-state index in [0.29, 0.717) is 6.54 Å². The minimum atomic E-state index is -0.362. The maximum absolute atomic E-state index is 11.6. The van der Waals surface area contributed by atoms with Crippen LogP contribution < -0.4 is 11.1 Å². The van der Waals surface area contributed by atoms with Crippen LogP contribution in [-0.4, -0.2) is 26.3 Å². The summed E-state index contributed by atoms with van der Waals surface area (Å²) < 4.78 is 0. The van der Waals surface area contributed by atoms with Crippen molar-refractivity contribution >= 4 is 23.1 Å². The Morgan fingerprint density at radius 1 is 1.62 bits per heavy atom. The summed E-state index contributed by atoms with van der Waals surface area (Å²) in [6, 6.07) is 0. The Hall–Kier alpha value is -1.96. The lowest BCUT2D eigenvalue weighted by molar-refractivity contribution is 0.0946. The van der Waals surface area contributed by atoms with Crippen molar-refractivity contribution in [2.45, 2.75) is 13.5 Å². The van der Waals surface area contributed by atoms with E-state index in [0.717, 1.165) is 10.7 Å². The molecule has 0 saturated heterocycles. The molecule has 0 unspecified atom stereocenters. The molecule has 0 aliphatic rings. The summed E-state index contributed by atoms with van der Waals surface area (Å²) >= 11 is 1.49. The Bertz CT molecular complexity index is 504. The smallest absolute Gasteiger partial charge is 0.276 e. The van der Waals surface area contributed by atoms with Crippen LogP contribution in [0.4, 0.5) is 5.82 Å². The number of thiazole rings is 1. The molecule has 4 N–H and O–H groups in total. The minimum absolute atomic E-state index is 0.0906. The van der Waals surface area contributed by atoms with Crippen LogP contribution in [0, 0.1) is 6.92 Å². The number of nitrogens with one attached hydrogen (secondary N) is 2. The Kier molecular flexibility index (Phi) is 2.82. The van der Waals surface area contributed by atoms with Crippen LogP contribution in [0.2, 0.25) is 0 Å². The summed E-state index contributed by atoms with van der Waals surface area (Å²) in [7, 11) is 0. The summed E-state index contributed by atoms with van der Waals surface area (Å²) in [6.45, 7) is 2.26. The summed E-state index contributed by atoms with van der Waals surface area (Å²) in [5.74, 6) is -0.271. The second-order valence-electron chi connectivity index (χ2n) is 3.12. The Balaban J connectivity index is 1.96. The average molecular weight is 238 g/mol. The highest BCUT2D eigenvalue weighted by molar-refractivity contribution is 7.09. The summed E-state index contributed by atoms with van der Waals surface area (Å²) in [4.78, 5) is 15.8. The quantitative estimate of drug-likeness (QED) is 0.701. The largest absolute Gasteiger partial charge is 0.380 e. The number of aromatic nitrogens is 4. The lowest BCUT2D eigenvalue weighted by Crippen LogP contribution is -2.24. The van der Waals surface area contributed by atoms with E-state index in [2.05, 4.69) is 25.7 Å². The standard InChI is InChI=1S/C8H10N6OS/c1-4-3-16-5(11-4)2-10-8(15)6-7(9)13-14-12-6/h3H,2H2,1H3,(H,10,15)(H3,9,12,13,14). The van der Waals surface area contributed by atoms with Gasteiger partial charge in [-0.3, -0.25) is 4.79 Å². The van der Waals surface area contributed by atoms with Gasteiger partial charge in [-0.15, -0.1) is 21.5 Å². The Morgan fingerprint density at radius 3 is 3.00 bits per heavy atom. The van der Waals surface area contributed by atoms with Gasteiger partial charge in [0.15, 0.2) is 11.5 Å². The SMILES string of the molecule is Cc1csc(CNC(=O)c2n[nH]nc2N)n1. The van der Waals surface area contributed by atoms with Gasteiger partial charge < -0.3 is 11.1 Å². The predicted molar refractivity (Wildman–Crippen MR) is 58.8 cm³/mol. The van der Waals surface area contributed by atoms with Crippen molar-refractivity contribution in [3.05, 3.63) is 21.8 Å². The van der Waals surface area contributed by atoms with Gasteiger partial charge in [-0.2, -0.15) is 5.21 Å². The molecular weight excluding hydrogens is 228 g/mol. The molecule has 2 rings (SSSR count).